The van der Waals surface area contributed by atoms with Crippen LogP contribution in [-0.4, -0.2) is 60.2 Å². The number of halogens is 1. The number of hydrogen-bond acceptors (Lipinski definition) is 7. The molecule has 25 heavy (non-hydrogen) atoms. The monoisotopic (exact) mass is 350 g/mol. The topological polar surface area (TPSA) is 130 Å². The molecule has 2 aliphatic heterocycles. The van der Waals surface area contributed by atoms with Crippen LogP contribution in [0, 0.1) is 6.08 Å². The minimum atomic E-state index is -1.75. The summed E-state index contributed by atoms with van der Waals surface area (Å²) < 4.78 is 20.8. The Morgan fingerprint density at radius 2 is 2.20 bits per heavy atom. The Morgan fingerprint density at radius 1 is 1.44 bits per heavy atom. The van der Waals surface area contributed by atoms with E-state index in [1.165, 1.54) is 29.8 Å². The van der Waals surface area contributed by atoms with Gasteiger partial charge < -0.3 is 29.9 Å². The third-order valence-corrected chi connectivity index (χ3v) is 4.52. The van der Waals surface area contributed by atoms with Gasteiger partial charge in [0.2, 0.25) is 5.91 Å². The van der Waals surface area contributed by atoms with E-state index in [1.807, 2.05) is 0 Å². The number of aliphatic hydroxyl groups excluding tert-OH is 2. The zero-order valence-corrected chi connectivity index (χ0v) is 13.0. The number of aliphatic hydroxyl groups is 3. The summed E-state index contributed by atoms with van der Waals surface area (Å²) in [6, 6.07) is 0. The molecule has 1 saturated heterocycles. The molecule has 132 valence electrons. The molecule has 1 fully saturated rings. The lowest BCUT2D eigenvalue weighted by Crippen LogP contribution is -2.44. The molecule has 4 heterocycles. The molecule has 0 aliphatic carbocycles. The first-order valence-electron chi connectivity index (χ1n) is 7.57. The van der Waals surface area contributed by atoms with Crippen molar-refractivity contribution in [2.24, 2.45) is 0 Å². The summed E-state index contributed by atoms with van der Waals surface area (Å²) in [5.41, 5.74) is -1.15. The molecule has 1 amide bonds. The van der Waals surface area contributed by atoms with E-state index in [0.717, 1.165) is 0 Å². The number of carbonyl (C=O) groups is 1. The summed E-state index contributed by atoms with van der Waals surface area (Å²) in [7, 11) is 0. The van der Waals surface area contributed by atoms with Crippen LogP contribution in [0.3, 0.4) is 0 Å². The van der Waals surface area contributed by atoms with Gasteiger partial charge in [-0.25, -0.2) is 0 Å². The van der Waals surface area contributed by atoms with Crippen molar-refractivity contribution in [2.75, 3.05) is 11.9 Å². The third kappa shape index (κ3) is 2.26. The molecule has 0 radical (unpaired) electrons. The first-order valence-corrected chi connectivity index (χ1v) is 7.57. The lowest BCUT2D eigenvalue weighted by Gasteiger charge is -2.27. The fourth-order valence-corrected chi connectivity index (χ4v) is 3.26. The molecule has 0 aromatic carbocycles. The van der Waals surface area contributed by atoms with Crippen molar-refractivity contribution in [1.29, 1.82) is 0 Å². The summed E-state index contributed by atoms with van der Waals surface area (Å²) in [6.45, 7) is 0.857. The quantitative estimate of drug-likeness (QED) is 0.539. The molecule has 0 spiro atoms. The van der Waals surface area contributed by atoms with Crippen LogP contribution in [0.2, 0.25) is 0 Å². The Hall–Kier alpha value is -2.40. The Kier molecular flexibility index (Phi) is 3.41. The summed E-state index contributed by atoms with van der Waals surface area (Å²) in [4.78, 5) is 19.0. The SMILES string of the molecule is C[C@@]1(O)[C@H](O)[C@@H](CO)O[C@H]1n1cc2c3c(nc(F)nc31)NC(=O)C=C2. The third-order valence-electron chi connectivity index (χ3n) is 4.52. The number of aromatic nitrogens is 3. The fourth-order valence-electron chi connectivity index (χ4n) is 3.26. The molecule has 4 rings (SSSR count). The molecular formula is C15H15FN4O5. The van der Waals surface area contributed by atoms with Crippen LogP contribution in [0.1, 0.15) is 18.7 Å². The van der Waals surface area contributed by atoms with E-state index < -0.39 is 42.6 Å². The lowest BCUT2D eigenvalue weighted by atomic mass is 9.96. The Bertz CT molecular complexity index is 909. The fraction of sp³-hybridized carbons (Fsp3) is 0.400. The van der Waals surface area contributed by atoms with Gasteiger partial charge in [-0.3, -0.25) is 4.79 Å². The van der Waals surface area contributed by atoms with E-state index in [2.05, 4.69) is 15.3 Å². The zero-order chi connectivity index (χ0) is 17.9. The number of nitrogens with one attached hydrogen (secondary N) is 1. The second-order valence-corrected chi connectivity index (χ2v) is 6.23. The summed E-state index contributed by atoms with van der Waals surface area (Å²) in [5.74, 6) is -0.454. The first-order chi connectivity index (χ1) is 11.8. The average Bonchev–Trinajstić information content (AvgIpc) is 2.94. The van der Waals surface area contributed by atoms with Gasteiger partial charge in [0, 0.05) is 17.8 Å². The van der Waals surface area contributed by atoms with E-state index in [1.54, 1.807) is 0 Å². The van der Waals surface area contributed by atoms with Gasteiger partial charge in [0.1, 0.15) is 23.6 Å². The van der Waals surface area contributed by atoms with Crippen LogP contribution in [0.15, 0.2) is 12.3 Å². The molecular weight excluding hydrogens is 335 g/mol. The highest BCUT2D eigenvalue weighted by molar-refractivity contribution is 6.11. The van der Waals surface area contributed by atoms with Crippen molar-refractivity contribution in [3.05, 3.63) is 23.9 Å². The average molecular weight is 350 g/mol. The van der Waals surface area contributed by atoms with Crippen molar-refractivity contribution in [1.82, 2.24) is 14.5 Å². The molecule has 2 aliphatic rings. The van der Waals surface area contributed by atoms with Crippen LogP contribution in [0.4, 0.5) is 10.2 Å². The molecule has 9 nitrogen and oxygen atoms in total. The van der Waals surface area contributed by atoms with Crippen LogP contribution < -0.4 is 5.32 Å². The minimum Gasteiger partial charge on any atom is -0.394 e. The molecule has 10 heteroatoms. The minimum absolute atomic E-state index is 0.00291. The van der Waals surface area contributed by atoms with E-state index >= 15 is 0 Å². The largest absolute Gasteiger partial charge is 0.394 e. The van der Waals surface area contributed by atoms with Gasteiger partial charge in [-0.05, 0) is 13.0 Å². The highest BCUT2D eigenvalue weighted by atomic mass is 19.1. The number of anilines is 1. The first kappa shape index (κ1) is 16.1. The second kappa shape index (κ2) is 5.30. The van der Waals surface area contributed by atoms with Crippen LogP contribution in [-0.2, 0) is 9.53 Å². The Balaban J connectivity index is 1.94. The molecule has 0 saturated carbocycles. The van der Waals surface area contributed by atoms with Gasteiger partial charge in [-0.15, -0.1) is 0 Å². The van der Waals surface area contributed by atoms with Crippen molar-refractivity contribution < 1.29 is 29.2 Å². The molecule has 0 unspecified atom stereocenters. The normalized spacial score (nSPS) is 31.4. The van der Waals surface area contributed by atoms with Gasteiger partial charge in [-0.1, -0.05) is 0 Å². The highest BCUT2D eigenvalue weighted by Crippen LogP contribution is 2.41. The number of carbonyl (C=O) groups excluding carboxylic acids is 1. The van der Waals surface area contributed by atoms with Gasteiger partial charge >= 0.3 is 6.08 Å². The number of amides is 1. The Morgan fingerprint density at radius 3 is 2.88 bits per heavy atom. The summed E-state index contributed by atoms with van der Waals surface area (Å²) >= 11 is 0. The smallest absolute Gasteiger partial charge is 0.312 e. The molecule has 2 aromatic heterocycles. The van der Waals surface area contributed by atoms with Gasteiger partial charge in [0.15, 0.2) is 11.9 Å². The number of nitrogens with zero attached hydrogens (tertiary/aromatic N) is 3. The Labute approximate surface area is 140 Å². The van der Waals surface area contributed by atoms with E-state index in [0.29, 0.717) is 10.9 Å². The van der Waals surface area contributed by atoms with Crippen LogP contribution in [0.25, 0.3) is 17.1 Å². The van der Waals surface area contributed by atoms with Crippen molar-refractivity contribution in [3.63, 3.8) is 0 Å². The molecule has 4 atom stereocenters. The second-order valence-electron chi connectivity index (χ2n) is 6.23. The van der Waals surface area contributed by atoms with Crippen molar-refractivity contribution >= 4 is 28.8 Å². The number of rotatable bonds is 2. The van der Waals surface area contributed by atoms with Gasteiger partial charge in [0.25, 0.3) is 0 Å². The number of ether oxygens (including phenoxy) is 1. The zero-order valence-electron chi connectivity index (χ0n) is 13.0. The molecule has 0 bridgehead atoms. The van der Waals surface area contributed by atoms with Crippen LogP contribution in [0.5, 0.6) is 0 Å². The standard InChI is InChI=1S/C15H15FN4O5/c1-15(24)10(23)7(5-21)25-13(15)20-4-6-2-3-8(22)17-11-9(6)12(20)19-14(16)18-11/h2-4,7,10,13,21,23-24H,5H2,1H3,(H,17,18,19,22)/t7-,10-,13-,15-/m1/s1. The predicted molar refractivity (Wildman–Crippen MR) is 82.8 cm³/mol. The van der Waals surface area contributed by atoms with Gasteiger partial charge in [-0.2, -0.15) is 14.4 Å². The van der Waals surface area contributed by atoms with E-state index in [9.17, 15) is 24.5 Å². The molecule has 2 aromatic rings. The maximum Gasteiger partial charge on any atom is 0.312 e. The van der Waals surface area contributed by atoms with E-state index in [4.69, 9.17) is 4.74 Å². The van der Waals surface area contributed by atoms with E-state index in [-0.39, 0.29) is 11.5 Å². The molecule has 4 N–H and O–H groups in total. The summed E-state index contributed by atoms with van der Waals surface area (Å²) in [5, 5.41) is 32.9. The highest BCUT2D eigenvalue weighted by Gasteiger charge is 2.53. The maximum absolute atomic E-state index is 13.9. The summed E-state index contributed by atoms with van der Waals surface area (Å²) in [6.07, 6.45) is -0.250. The van der Waals surface area contributed by atoms with Gasteiger partial charge in [0.05, 0.1) is 12.0 Å². The van der Waals surface area contributed by atoms with Crippen molar-refractivity contribution in [3.8, 4) is 0 Å². The maximum atomic E-state index is 13.9. The van der Waals surface area contributed by atoms with Crippen LogP contribution >= 0.6 is 0 Å². The lowest BCUT2D eigenvalue weighted by molar-refractivity contribution is -0.111. The van der Waals surface area contributed by atoms with Crippen molar-refractivity contribution in [2.45, 2.75) is 31.0 Å². The number of hydrogen-bond donors (Lipinski definition) is 4. The predicted octanol–water partition coefficient (Wildman–Crippen LogP) is -0.463.